The van der Waals surface area contributed by atoms with Gasteiger partial charge in [-0.1, -0.05) is 0 Å². The van der Waals surface area contributed by atoms with Crippen LogP contribution in [0.25, 0.3) is 5.65 Å². The number of anilines is 1. The van der Waals surface area contributed by atoms with Crippen molar-refractivity contribution in [2.45, 2.75) is 19.3 Å². The Bertz CT molecular complexity index is 664. The standard InChI is InChI=1S/C12H12N4O3/c17-11-2-1-5-15(11)8-3-4-10-13-9(6-12(18)19)14-16(10)7-8/h3-4,7H,1-2,5-6H2,(H,18,19). The van der Waals surface area contributed by atoms with Crippen molar-refractivity contribution in [3.05, 3.63) is 24.2 Å². The zero-order chi connectivity index (χ0) is 13.4. The molecule has 1 N–H and O–H groups in total. The van der Waals surface area contributed by atoms with Crippen molar-refractivity contribution in [3.8, 4) is 0 Å². The Morgan fingerprint density at radius 3 is 2.95 bits per heavy atom. The predicted octanol–water partition coefficient (Wildman–Crippen LogP) is 0.483. The molecule has 0 aliphatic carbocycles. The normalized spacial score (nSPS) is 15.4. The van der Waals surface area contributed by atoms with Crippen LogP contribution in [0.4, 0.5) is 5.69 Å². The molecule has 1 fully saturated rings. The molecule has 2 aromatic rings. The molecule has 0 saturated carbocycles. The van der Waals surface area contributed by atoms with Gasteiger partial charge in [-0.3, -0.25) is 9.59 Å². The number of hydrogen-bond acceptors (Lipinski definition) is 4. The van der Waals surface area contributed by atoms with Crippen LogP contribution >= 0.6 is 0 Å². The molecule has 3 rings (SSSR count). The lowest BCUT2D eigenvalue weighted by molar-refractivity contribution is -0.136. The minimum Gasteiger partial charge on any atom is -0.481 e. The zero-order valence-corrected chi connectivity index (χ0v) is 10.1. The summed E-state index contributed by atoms with van der Waals surface area (Å²) in [6, 6.07) is 3.54. The Kier molecular flexibility index (Phi) is 2.66. The fourth-order valence-electron chi connectivity index (χ4n) is 2.21. The molecule has 7 heteroatoms. The summed E-state index contributed by atoms with van der Waals surface area (Å²) in [4.78, 5) is 28.1. The van der Waals surface area contributed by atoms with E-state index in [-0.39, 0.29) is 18.2 Å². The number of amides is 1. The zero-order valence-electron chi connectivity index (χ0n) is 10.1. The van der Waals surface area contributed by atoms with Gasteiger partial charge in [0.05, 0.1) is 11.9 Å². The molecule has 0 spiro atoms. The minimum atomic E-state index is -0.967. The molecule has 1 saturated heterocycles. The van der Waals surface area contributed by atoms with Crippen LogP contribution in [-0.2, 0) is 16.0 Å². The fourth-order valence-corrected chi connectivity index (χ4v) is 2.21. The third kappa shape index (κ3) is 2.14. The lowest BCUT2D eigenvalue weighted by Gasteiger charge is -2.14. The van der Waals surface area contributed by atoms with E-state index in [4.69, 9.17) is 5.11 Å². The van der Waals surface area contributed by atoms with Crippen LogP contribution in [0.2, 0.25) is 0 Å². The summed E-state index contributed by atoms with van der Waals surface area (Å²) in [5, 5.41) is 12.8. The van der Waals surface area contributed by atoms with Gasteiger partial charge < -0.3 is 10.0 Å². The van der Waals surface area contributed by atoms with Crippen LogP contribution in [0.1, 0.15) is 18.7 Å². The summed E-state index contributed by atoms with van der Waals surface area (Å²) < 4.78 is 1.51. The van der Waals surface area contributed by atoms with Crippen molar-refractivity contribution < 1.29 is 14.7 Å². The maximum atomic E-state index is 11.7. The van der Waals surface area contributed by atoms with Gasteiger partial charge in [0.25, 0.3) is 0 Å². The molecule has 98 valence electrons. The number of nitrogens with zero attached hydrogens (tertiary/aromatic N) is 4. The van der Waals surface area contributed by atoms with Gasteiger partial charge in [-0.05, 0) is 18.6 Å². The summed E-state index contributed by atoms with van der Waals surface area (Å²) in [6.45, 7) is 0.709. The number of carboxylic acids is 1. The van der Waals surface area contributed by atoms with Gasteiger partial charge in [0.2, 0.25) is 5.91 Å². The number of hydrogen-bond donors (Lipinski definition) is 1. The highest BCUT2D eigenvalue weighted by atomic mass is 16.4. The number of aliphatic carboxylic acids is 1. The minimum absolute atomic E-state index is 0.102. The molecule has 1 aliphatic heterocycles. The van der Waals surface area contributed by atoms with Gasteiger partial charge in [0.1, 0.15) is 6.42 Å². The van der Waals surface area contributed by atoms with Gasteiger partial charge in [-0.15, -0.1) is 0 Å². The van der Waals surface area contributed by atoms with Gasteiger partial charge >= 0.3 is 5.97 Å². The van der Waals surface area contributed by atoms with Gasteiger partial charge in [-0.25, -0.2) is 9.50 Å². The van der Waals surface area contributed by atoms with E-state index in [1.807, 2.05) is 0 Å². The van der Waals surface area contributed by atoms with Crippen LogP contribution in [0.3, 0.4) is 0 Å². The molecule has 0 atom stereocenters. The van der Waals surface area contributed by atoms with E-state index in [2.05, 4.69) is 10.1 Å². The van der Waals surface area contributed by atoms with Crippen LogP contribution in [-0.4, -0.2) is 38.1 Å². The van der Waals surface area contributed by atoms with Gasteiger partial charge in [-0.2, -0.15) is 5.10 Å². The van der Waals surface area contributed by atoms with E-state index < -0.39 is 5.97 Å². The molecule has 0 unspecified atom stereocenters. The van der Waals surface area contributed by atoms with Crippen molar-refractivity contribution in [2.24, 2.45) is 0 Å². The Hall–Kier alpha value is -2.44. The monoisotopic (exact) mass is 260 g/mol. The summed E-state index contributed by atoms with van der Waals surface area (Å²) in [6.07, 6.45) is 2.93. The molecule has 0 aromatic carbocycles. The van der Waals surface area contributed by atoms with Crippen molar-refractivity contribution in [1.82, 2.24) is 14.6 Å². The van der Waals surface area contributed by atoms with Crippen LogP contribution in [0.5, 0.6) is 0 Å². The molecular formula is C12H12N4O3. The third-order valence-corrected chi connectivity index (χ3v) is 3.05. The second-order valence-electron chi connectivity index (χ2n) is 4.44. The molecule has 0 radical (unpaired) electrons. The molecule has 7 nitrogen and oxygen atoms in total. The Morgan fingerprint density at radius 2 is 2.26 bits per heavy atom. The Labute approximate surface area is 108 Å². The first-order valence-corrected chi connectivity index (χ1v) is 6.01. The molecule has 19 heavy (non-hydrogen) atoms. The smallest absolute Gasteiger partial charge is 0.311 e. The van der Waals surface area contributed by atoms with Crippen molar-refractivity contribution in [3.63, 3.8) is 0 Å². The Morgan fingerprint density at radius 1 is 1.42 bits per heavy atom. The number of carbonyl (C=O) groups excluding carboxylic acids is 1. The number of carbonyl (C=O) groups is 2. The van der Waals surface area contributed by atoms with E-state index in [9.17, 15) is 9.59 Å². The molecular weight excluding hydrogens is 248 g/mol. The second kappa shape index (κ2) is 4.34. The van der Waals surface area contributed by atoms with Crippen LogP contribution < -0.4 is 4.90 Å². The average Bonchev–Trinajstić information content (AvgIpc) is 2.92. The second-order valence-corrected chi connectivity index (χ2v) is 4.44. The summed E-state index contributed by atoms with van der Waals surface area (Å²) >= 11 is 0. The first-order valence-electron chi connectivity index (χ1n) is 6.01. The number of fused-ring (bicyclic) bond motifs is 1. The SMILES string of the molecule is O=C(O)Cc1nc2ccc(N3CCCC3=O)cn2n1. The summed E-state index contributed by atoms with van der Waals surface area (Å²) in [5.74, 6) is -0.603. The molecule has 2 aromatic heterocycles. The van der Waals surface area contributed by atoms with Gasteiger partial charge in [0, 0.05) is 13.0 Å². The highest BCUT2D eigenvalue weighted by Gasteiger charge is 2.22. The maximum Gasteiger partial charge on any atom is 0.311 e. The number of aromatic nitrogens is 3. The van der Waals surface area contributed by atoms with Crippen LogP contribution in [0, 0.1) is 0 Å². The third-order valence-electron chi connectivity index (χ3n) is 3.05. The molecule has 0 bridgehead atoms. The average molecular weight is 260 g/mol. The highest BCUT2D eigenvalue weighted by molar-refractivity contribution is 5.95. The Balaban J connectivity index is 1.96. The quantitative estimate of drug-likeness (QED) is 0.867. The molecule has 3 heterocycles. The summed E-state index contributed by atoms with van der Waals surface area (Å²) in [7, 11) is 0. The van der Waals surface area contributed by atoms with E-state index in [1.54, 1.807) is 23.2 Å². The molecule has 1 amide bonds. The first kappa shape index (κ1) is 11.6. The van der Waals surface area contributed by atoms with E-state index in [1.165, 1.54) is 4.52 Å². The number of carboxylic acid groups (broad SMARTS) is 1. The summed E-state index contributed by atoms with van der Waals surface area (Å²) in [5.41, 5.74) is 1.34. The first-order chi connectivity index (χ1) is 9.13. The maximum absolute atomic E-state index is 11.7. The molecule has 1 aliphatic rings. The number of rotatable bonds is 3. The van der Waals surface area contributed by atoms with Crippen LogP contribution in [0.15, 0.2) is 18.3 Å². The van der Waals surface area contributed by atoms with E-state index in [0.717, 1.165) is 12.1 Å². The van der Waals surface area contributed by atoms with Crippen molar-refractivity contribution in [2.75, 3.05) is 11.4 Å². The van der Waals surface area contributed by atoms with Gasteiger partial charge in [0.15, 0.2) is 11.5 Å². The number of pyridine rings is 1. The van der Waals surface area contributed by atoms with E-state index in [0.29, 0.717) is 18.6 Å². The van der Waals surface area contributed by atoms with Crippen molar-refractivity contribution in [1.29, 1.82) is 0 Å². The largest absolute Gasteiger partial charge is 0.481 e. The predicted molar refractivity (Wildman–Crippen MR) is 65.9 cm³/mol. The lowest BCUT2D eigenvalue weighted by Crippen LogP contribution is -2.23. The lowest BCUT2D eigenvalue weighted by atomic mass is 10.3. The fraction of sp³-hybridized carbons (Fsp3) is 0.333. The van der Waals surface area contributed by atoms with E-state index >= 15 is 0 Å². The topological polar surface area (TPSA) is 87.8 Å². The van der Waals surface area contributed by atoms with Crippen molar-refractivity contribution >= 4 is 23.2 Å². The highest BCUT2D eigenvalue weighted by Crippen LogP contribution is 2.21.